The van der Waals surface area contributed by atoms with Crippen molar-refractivity contribution in [3.63, 3.8) is 0 Å². The van der Waals surface area contributed by atoms with Crippen LogP contribution in [0.4, 0.5) is 0 Å². The number of carbonyl (C=O) groups excluding carboxylic acids is 3. The average molecular weight is 326 g/mol. The molecule has 0 aliphatic carbocycles. The van der Waals surface area contributed by atoms with Crippen molar-refractivity contribution < 1.29 is 29.8 Å². The van der Waals surface area contributed by atoms with Gasteiger partial charge in [-0.15, -0.1) is 0 Å². The Bertz CT molecular complexity index is 480. The van der Waals surface area contributed by atoms with Crippen molar-refractivity contribution in [2.24, 2.45) is 5.92 Å². The van der Waals surface area contributed by atoms with Gasteiger partial charge in [0.05, 0.1) is 5.92 Å². The first-order valence-corrected chi connectivity index (χ1v) is 6.93. The molecular weight excluding hydrogens is 300 g/mol. The molecule has 0 fully saturated rings. The van der Waals surface area contributed by atoms with Crippen LogP contribution in [0.15, 0.2) is 24.3 Å². The molecule has 1 aromatic rings. The monoisotopic (exact) mass is 326 g/mol. The predicted octanol–water partition coefficient (Wildman–Crippen LogP) is 2.26. The summed E-state index contributed by atoms with van der Waals surface area (Å²) in [5.41, 5.74) is 2.14. The molecule has 0 heterocycles. The van der Waals surface area contributed by atoms with Crippen LogP contribution in [0.2, 0.25) is 0 Å². The highest BCUT2D eigenvalue weighted by Gasteiger charge is 2.12. The van der Waals surface area contributed by atoms with Gasteiger partial charge in [0, 0.05) is 0 Å². The molecule has 0 saturated heterocycles. The number of carboxylic acid groups (broad SMARTS) is 1. The van der Waals surface area contributed by atoms with Gasteiger partial charge in [0.2, 0.25) is 0 Å². The third-order valence-corrected chi connectivity index (χ3v) is 2.49. The highest BCUT2D eigenvalue weighted by Crippen LogP contribution is 2.17. The second kappa shape index (κ2) is 14.6. The van der Waals surface area contributed by atoms with Gasteiger partial charge in [-0.25, -0.2) is 0 Å². The van der Waals surface area contributed by atoms with E-state index in [2.05, 4.69) is 13.8 Å². The Labute approximate surface area is 136 Å². The highest BCUT2D eigenvalue weighted by atomic mass is 16.4. The van der Waals surface area contributed by atoms with E-state index in [1.807, 2.05) is 24.3 Å². The topological polar surface area (TPSA) is 120 Å². The molecule has 0 aliphatic rings. The highest BCUT2D eigenvalue weighted by molar-refractivity contribution is 5.75. The number of benzene rings is 1. The van der Waals surface area contributed by atoms with Gasteiger partial charge in [-0.3, -0.25) is 4.79 Å². The summed E-state index contributed by atoms with van der Waals surface area (Å²) in [4.78, 5) is 36.5. The fourth-order valence-corrected chi connectivity index (χ4v) is 1.56. The van der Waals surface area contributed by atoms with E-state index in [0.29, 0.717) is 5.92 Å². The van der Waals surface area contributed by atoms with Gasteiger partial charge in [-0.05, 0) is 44.2 Å². The molecule has 0 radical (unpaired) electrons. The minimum atomic E-state index is -0.772. The molecular formula is C17H26O6. The van der Waals surface area contributed by atoms with Crippen LogP contribution in [-0.2, 0) is 25.6 Å². The van der Waals surface area contributed by atoms with Crippen LogP contribution in [0.3, 0.4) is 0 Å². The Morgan fingerprint density at radius 3 is 1.65 bits per heavy atom. The summed E-state index contributed by atoms with van der Waals surface area (Å²) in [6, 6.07) is 7.87. The number of hydrogen-bond acceptors (Lipinski definition) is 4. The van der Waals surface area contributed by atoms with E-state index in [0.717, 1.165) is 12.0 Å². The molecule has 0 aliphatic heterocycles. The summed E-state index contributed by atoms with van der Waals surface area (Å²) in [5, 5.41) is 8.85. The predicted molar refractivity (Wildman–Crippen MR) is 86.0 cm³/mol. The Balaban J connectivity index is -0.000000427. The maximum atomic E-state index is 10.8. The lowest BCUT2D eigenvalue weighted by Crippen LogP contribution is -2.07. The summed E-state index contributed by atoms with van der Waals surface area (Å²) >= 11 is 0. The molecule has 0 bridgehead atoms. The SMILES string of the molecule is CC(C)=O.CC(C)Cc1ccc(C(C)C(=O)O)cc1.O.O=C=O. The van der Waals surface area contributed by atoms with Crippen LogP contribution in [0, 0.1) is 5.92 Å². The van der Waals surface area contributed by atoms with Gasteiger partial charge < -0.3 is 15.4 Å². The van der Waals surface area contributed by atoms with E-state index in [9.17, 15) is 9.59 Å². The van der Waals surface area contributed by atoms with Crippen molar-refractivity contribution >= 4 is 17.9 Å². The second-order valence-corrected chi connectivity index (χ2v) is 5.39. The zero-order valence-corrected chi connectivity index (χ0v) is 14.3. The molecule has 23 heavy (non-hydrogen) atoms. The lowest BCUT2D eigenvalue weighted by molar-refractivity contribution is -0.191. The van der Waals surface area contributed by atoms with Crippen molar-refractivity contribution in [1.82, 2.24) is 0 Å². The molecule has 130 valence electrons. The minimum Gasteiger partial charge on any atom is -0.481 e. The van der Waals surface area contributed by atoms with Gasteiger partial charge in [-0.1, -0.05) is 38.1 Å². The quantitative estimate of drug-likeness (QED) is 0.909. The van der Waals surface area contributed by atoms with Crippen LogP contribution >= 0.6 is 0 Å². The zero-order valence-electron chi connectivity index (χ0n) is 14.3. The fraction of sp³-hybridized carbons (Fsp3) is 0.471. The molecule has 0 spiro atoms. The van der Waals surface area contributed by atoms with Crippen molar-refractivity contribution in [2.75, 3.05) is 0 Å². The summed E-state index contributed by atoms with van der Waals surface area (Å²) in [7, 11) is 0. The number of carboxylic acids is 1. The largest absolute Gasteiger partial charge is 0.481 e. The van der Waals surface area contributed by atoms with Crippen molar-refractivity contribution in [2.45, 2.75) is 47.0 Å². The number of aliphatic carboxylic acids is 1. The van der Waals surface area contributed by atoms with Gasteiger partial charge in [-0.2, -0.15) is 9.59 Å². The number of rotatable bonds is 4. The summed E-state index contributed by atoms with van der Waals surface area (Å²) in [6.07, 6.45) is 1.29. The Hall–Kier alpha value is -2.30. The first kappa shape index (κ1) is 25.6. The number of carbonyl (C=O) groups is 2. The first-order chi connectivity index (χ1) is 10.1. The molecule has 1 atom stereocenters. The van der Waals surface area contributed by atoms with E-state index in [4.69, 9.17) is 14.7 Å². The molecule has 0 amide bonds. The van der Waals surface area contributed by atoms with Crippen LogP contribution in [-0.4, -0.2) is 28.5 Å². The molecule has 3 N–H and O–H groups in total. The molecule has 6 nitrogen and oxygen atoms in total. The maximum absolute atomic E-state index is 10.8. The van der Waals surface area contributed by atoms with E-state index in [1.165, 1.54) is 19.4 Å². The second-order valence-electron chi connectivity index (χ2n) is 5.39. The van der Waals surface area contributed by atoms with Crippen LogP contribution in [0.5, 0.6) is 0 Å². The summed E-state index contributed by atoms with van der Waals surface area (Å²) in [5.74, 6) is -0.391. The number of ketones is 1. The Kier molecular flexibility index (Phi) is 16.3. The summed E-state index contributed by atoms with van der Waals surface area (Å²) in [6.45, 7) is 9.11. The lowest BCUT2D eigenvalue weighted by Gasteiger charge is -2.09. The maximum Gasteiger partial charge on any atom is 0.373 e. The van der Waals surface area contributed by atoms with Crippen molar-refractivity contribution in [3.8, 4) is 0 Å². The van der Waals surface area contributed by atoms with Gasteiger partial charge >= 0.3 is 12.1 Å². The van der Waals surface area contributed by atoms with Crippen molar-refractivity contribution in [3.05, 3.63) is 35.4 Å². The zero-order chi connectivity index (χ0) is 17.7. The van der Waals surface area contributed by atoms with E-state index >= 15 is 0 Å². The molecule has 6 heteroatoms. The Morgan fingerprint density at radius 1 is 1.04 bits per heavy atom. The standard InChI is InChI=1S/C13H18O2.C3H6O.CO2.H2O/c1-9(2)8-11-4-6-12(7-5-11)10(3)13(14)15;1-3(2)4;2-1-3;/h4-7,9-10H,8H2,1-3H3,(H,14,15);1-2H3;;1H2. The van der Waals surface area contributed by atoms with Gasteiger partial charge in [0.15, 0.2) is 0 Å². The normalized spacial score (nSPS) is 9.83. The minimum absolute atomic E-state index is 0. The van der Waals surface area contributed by atoms with E-state index in [-0.39, 0.29) is 17.4 Å². The first-order valence-electron chi connectivity index (χ1n) is 6.93. The van der Waals surface area contributed by atoms with Crippen molar-refractivity contribution in [1.29, 1.82) is 0 Å². The Morgan fingerprint density at radius 2 is 1.39 bits per heavy atom. The number of Topliss-reactive ketones (excluding diaryl/α,β-unsaturated/α-hetero) is 1. The van der Waals surface area contributed by atoms with Crippen LogP contribution in [0.1, 0.15) is 51.7 Å². The molecule has 1 unspecified atom stereocenters. The van der Waals surface area contributed by atoms with E-state index in [1.54, 1.807) is 6.92 Å². The van der Waals surface area contributed by atoms with Crippen LogP contribution < -0.4 is 0 Å². The summed E-state index contributed by atoms with van der Waals surface area (Å²) < 4.78 is 0. The van der Waals surface area contributed by atoms with Gasteiger partial charge in [0.25, 0.3) is 0 Å². The third kappa shape index (κ3) is 15.9. The lowest BCUT2D eigenvalue weighted by atomic mass is 9.97. The van der Waals surface area contributed by atoms with E-state index < -0.39 is 11.9 Å². The molecule has 1 aromatic carbocycles. The third-order valence-electron chi connectivity index (χ3n) is 2.49. The number of hydrogen-bond donors (Lipinski definition) is 1. The van der Waals surface area contributed by atoms with Gasteiger partial charge in [0.1, 0.15) is 5.78 Å². The molecule has 1 rings (SSSR count). The smallest absolute Gasteiger partial charge is 0.373 e. The molecule has 0 saturated carbocycles. The fourth-order valence-electron chi connectivity index (χ4n) is 1.56. The van der Waals surface area contributed by atoms with Crippen LogP contribution in [0.25, 0.3) is 0 Å². The molecule has 0 aromatic heterocycles. The average Bonchev–Trinajstić information content (AvgIpc) is 2.38.